The number of aliphatic carboxylic acids is 2. The summed E-state index contributed by atoms with van der Waals surface area (Å²) < 4.78 is 0. The molecule has 0 radical (unpaired) electrons. The number of aliphatic hydroxyl groups is 1. The minimum absolute atomic E-state index is 0.339. The first-order valence-corrected chi connectivity index (χ1v) is 8.50. The summed E-state index contributed by atoms with van der Waals surface area (Å²) >= 11 is 0. The molecular formula is C15H27N5O8. The predicted octanol–water partition coefficient (Wildman–Crippen LogP) is -3.92. The molecule has 3 amide bonds. The molecule has 10 N–H and O–H groups in total. The third-order valence-corrected chi connectivity index (χ3v) is 3.56. The van der Waals surface area contributed by atoms with Crippen LogP contribution in [0.1, 0.15) is 25.7 Å². The van der Waals surface area contributed by atoms with Crippen LogP contribution >= 0.6 is 0 Å². The van der Waals surface area contributed by atoms with Crippen molar-refractivity contribution in [2.24, 2.45) is 11.5 Å². The number of amides is 3. The van der Waals surface area contributed by atoms with Gasteiger partial charge in [0.2, 0.25) is 17.7 Å². The summed E-state index contributed by atoms with van der Waals surface area (Å²) in [5, 5.41) is 33.0. The van der Waals surface area contributed by atoms with Crippen molar-refractivity contribution in [1.29, 1.82) is 0 Å². The van der Waals surface area contributed by atoms with Crippen molar-refractivity contribution in [3.05, 3.63) is 0 Å². The second-order valence-electron chi connectivity index (χ2n) is 5.91. The third-order valence-electron chi connectivity index (χ3n) is 3.56. The zero-order valence-electron chi connectivity index (χ0n) is 15.2. The molecule has 3 atom stereocenters. The number of aliphatic hydroxyl groups excluding tert-OH is 1. The fourth-order valence-electron chi connectivity index (χ4n) is 2.02. The summed E-state index contributed by atoms with van der Waals surface area (Å²) in [5.74, 6) is -5.49. The molecule has 28 heavy (non-hydrogen) atoms. The molecule has 0 saturated carbocycles. The number of nitrogens with two attached hydrogens (primary N) is 2. The highest BCUT2D eigenvalue weighted by Crippen LogP contribution is 1.99. The maximum absolute atomic E-state index is 12.0. The van der Waals surface area contributed by atoms with Crippen molar-refractivity contribution in [3.8, 4) is 0 Å². The Morgan fingerprint density at radius 2 is 1.57 bits per heavy atom. The van der Waals surface area contributed by atoms with Crippen LogP contribution < -0.4 is 27.4 Å². The molecule has 0 aromatic carbocycles. The van der Waals surface area contributed by atoms with E-state index in [4.69, 9.17) is 21.7 Å². The van der Waals surface area contributed by atoms with Crippen molar-refractivity contribution in [3.63, 3.8) is 0 Å². The SMILES string of the molecule is NCCCCC(N)C(=O)NC(CO)C(=O)NCC(=O)NC(CC(=O)O)C(=O)O. The van der Waals surface area contributed by atoms with E-state index in [2.05, 4.69) is 10.6 Å². The van der Waals surface area contributed by atoms with Gasteiger partial charge in [0.25, 0.3) is 0 Å². The van der Waals surface area contributed by atoms with E-state index in [1.54, 1.807) is 0 Å². The zero-order valence-corrected chi connectivity index (χ0v) is 15.2. The molecule has 0 bridgehead atoms. The average molecular weight is 405 g/mol. The number of carbonyl (C=O) groups is 5. The van der Waals surface area contributed by atoms with Crippen molar-refractivity contribution in [2.75, 3.05) is 19.7 Å². The number of hydrogen-bond acceptors (Lipinski definition) is 8. The second-order valence-corrected chi connectivity index (χ2v) is 5.91. The van der Waals surface area contributed by atoms with Crippen LogP contribution in [0, 0.1) is 0 Å². The molecule has 0 aliphatic carbocycles. The topological polar surface area (TPSA) is 234 Å². The van der Waals surface area contributed by atoms with Gasteiger partial charge in [0.05, 0.1) is 25.6 Å². The van der Waals surface area contributed by atoms with Crippen molar-refractivity contribution >= 4 is 29.7 Å². The van der Waals surface area contributed by atoms with Gasteiger partial charge in [-0.2, -0.15) is 0 Å². The molecule has 13 heteroatoms. The second kappa shape index (κ2) is 13.4. The predicted molar refractivity (Wildman–Crippen MR) is 94.7 cm³/mol. The van der Waals surface area contributed by atoms with Gasteiger partial charge in [0, 0.05) is 0 Å². The van der Waals surface area contributed by atoms with Crippen LogP contribution in [-0.2, 0) is 24.0 Å². The zero-order chi connectivity index (χ0) is 21.7. The highest BCUT2D eigenvalue weighted by atomic mass is 16.4. The lowest BCUT2D eigenvalue weighted by Gasteiger charge is -2.19. The Bertz CT molecular complexity index is 571. The number of rotatable bonds is 14. The quantitative estimate of drug-likeness (QED) is 0.131. The van der Waals surface area contributed by atoms with Crippen LogP contribution in [0.4, 0.5) is 0 Å². The molecule has 0 aliphatic rings. The lowest BCUT2D eigenvalue weighted by Crippen LogP contribution is -2.54. The third kappa shape index (κ3) is 10.4. The minimum Gasteiger partial charge on any atom is -0.481 e. The largest absolute Gasteiger partial charge is 0.481 e. The maximum Gasteiger partial charge on any atom is 0.326 e. The van der Waals surface area contributed by atoms with Gasteiger partial charge in [0.15, 0.2) is 0 Å². The Morgan fingerprint density at radius 1 is 0.929 bits per heavy atom. The van der Waals surface area contributed by atoms with Crippen molar-refractivity contribution in [1.82, 2.24) is 16.0 Å². The molecule has 0 spiro atoms. The molecule has 0 heterocycles. The van der Waals surface area contributed by atoms with Crippen molar-refractivity contribution in [2.45, 2.75) is 43.8 Å². The Labute approximate surface area is 160 Å². The monoisotopic (exact) mass is 405 g/mol. The highest BCUT2D eigenvalue weighted by molar-refractivity contribution is 5.93. The van der Waals surface area contributed by atoms with E-state index in [0.29, 0.717) is 25.8 Å². The van der Waals surface area contributed by atoms with E-state index >= 15 is 0 Å². The maximum atomic E-state index is 12.0. The van der Waals surface area contributed by atoms with Crippen LogP contribution in [0.25, 0.3) is 0 Å². The van der Waals surface area contributed by atoms with Crippen LogP contribution in [0.2, 0.25) is 0 Å². The summed E-state index contributed by atoms with van der Waals surface area (Å²) in [6, 6.07) is -3.93. The molecule has 0 fully saturated rings. The summed E-state index contributed by atoms with van der Waals surface area (Å²) in [6.45, 7) is -0.990. The smallest absolute Gasteiger partial charge is 0.326 e. The normalized spacial score (nSPS) is 13.7. The van der Waals surface area contributed by atoms with Gasteiger partial charge in [-0.1, -0.05) is 6.42 Å². The van der Waals surface area contributed by atoms with E-state index in [-0.39, 0.29) is 0 Å². The summed E-state index contributed by atoms with van der Waals surface area (Å²) in [6.07, 6.45) is 0.791. The Kier molecular flexibility index (Phi) is 12.1. The van der Waals surface area contributed by atoms with E-state index in [0.717, 1.165) is 0 Å². The lowest BCUT2D eigenvalue weighted by molar-refractivity contribution is -0.147. The summed E-state index contributed by atoms with van der Waals surface area (Å²) in [5.41, 5.74) is 11.0. The Hall–Kier alpha value is -2.77. The molecule has 13 nitrogen and oxygen atoms in total. The number of carbonyl (C=O) groups excluding carboxylic acids is 3. The van der Waals surface area contributed by atoms with Crippen LogP contribution in [-0.4, -0.2) is 82.8 Å². The van der Waals surface area contributed by atoms with Gasteiger partial charge in [-0.3, -0.25) is 19.2 Å². The first kappa shape index (κ1) is 25.2. The molecule has 0 saturated heterocycles. The first-order valence-electron chi connectivity index (χ1n) is 8.50. The highest BCUT2D eigenvalue weighted by Gasteiger charge is 2.25. The fourth-order valence-corrected chi connectivity index (χ4v) is 2.02. The average Bonchev–Trinajstić information content (AvgIpc) is 2.62. The fraction of sp³-hybridized carbons (Fsp3) is 0.667. The van der Waals surface area contributed by atoms with Gasteiger partial charge >= 0.3 is 11.9 Å². The molecule has 0 aromatic rings. The minimum atomic E-state index is -1.67. The molecule has 0 aromatic heterocycles. The van der Waals surface area contributed by atoms with Crippen LogP contribution in [0.15, 0.2) is 0 Å². The van der Waals surface area contributed by atoms with E-state index in [1.165, 1.54) is 0 Å². The summed E-state index contributed by atoms with van der Waals surface area (Å²) in [4.78, 5) is 57.0. The standard InChI is InChI=1S/C15H27N5O8/c16-4-2-1-3-8(17)13(25)20-10(7-21)14(26)18-6-11(22)19-9(15(27)28)5-12(23)24/h8-10,21H,1-7,16-17H2,(H,18,26)(H,19,22)(H,20,25)(H,23,24)(H,27,28). The molecule has 0 aliphatic heterocycles. The molecule has 3 unspecified atom stereocenters. The first-order chi connectivity index (χ1) is 13.1. The summed E-state index contributed by atoms with van der Waals surface area (Å²) in [7, 11) is 0. The van der Waals surface area contributed by atoms with Crippen molar-refractivity contribution < 1.29 is 39.3 Å². The van der Waals surface area contributed by atoms with E-state index in [9.17, 15) is 29.1 Å². The van der Waals surface area contributed by atoms with Crippen LogP contribution in [0.5, 0.6) is 0 Å². The van der Waals surface area contributed by atoms with Gasteiger partial charge in [-0.05, 0) is 19.4 Å². The number of hydrogen-bond donors (Lipinski definition) is 8. The van der Waals surface area contributed by atoms with Crippen LogP contribution in [0.3, 0.4) is 0 Å². The van der Waals surface area contributed by atoms with E-state index < -0.39 is 67.4 Å². The Balaban J connectivity index is 4.52. The van der Waals surface area contributed by atoms with Gasteiger partial charge in [-0.15, -0.1) is 0 Å². The number of carboxylic acid groups (broad SMARTS) is 2. The Morgan fingerprint density at radius 3 is 2.07 bits per heavy atom. The van der Waals surface area contributed by atoms with E-state index in [1.807, 2.05) is 5.32 Å². The lowest BCUT2D eigenvalue weighted by atomic mass is 10.1. The molecule has 0 rings (SSSR count). The number of unbranched alkanes of at least 4 members (excludes halogenated alkanes) is 1. The van der Waals surface area contributed by atoms with Gasteiger partial charge in [0.1, 0.15) is 12.1 Å². The number of carboxylic acids is 2. The van der Waals surface area contributed by atoms with Gasteiger partial charge in [-0.25, -0.2) is 4.79 Å². The molecule has 160 valence electrons. The van der Waals surface area contributed by atoms with Gasteiger partial charge < -0.3 is 42.7 Å². The molecular weight excluding hydrogens is 378 g/mol. The number of nitrogens with one attached hydrogen (secondary N) is 3.